The van der Waals surface area contributed by atoms with E-state index in [2.05, 4.69) is 11.2 Å². The lowest BCUT2D eigenvalue weighted by molar-refractivity contribution is 0.492. The molecule has 0 aromatic carbocycles. The van der Waals surface area contributed by atoms with E-state index in [-0.39, 0.29) is 0 Å². The average Bonchev–Trinajstić information content (AvgIpc) is 2.17. The van der Waals surface area contributed by atoms with E-state index in [0.717, 1.165) is 18.9 Å². The Hall–Kier alpha value is -0.480. The van der Waals surface area contributed by atoms with Crippen molar-refractivity contribution in [2.45, 2.75) is 25.7 Å². The van der Waals surface area contributed by atoms with Gasteiger partial charge in [0.05, 0.1) is 0 Å². The van der Waals surface area contributed by atoms with Gasteiger partial charge in [0.2, 0.25) is 0 Å². The number of hydrogen-bond acceptors (Lipinski definition) is 1. The van der Waals surface area contributed by atoms with Crippen LogP contribution in [0.2, 0.25) is 0 Å². The van der Waals surface area contributed by atoms with Gasteiger partial charge in [-0.05, 0) is 31.8 Å². The largest absolute Gasteiger partial charge is 0.316 e. The molecule has 0 spiro atoms. The van der Waals surface area contributed by atoms with Crippen LogP contribution in [0.1, 0.15) is 25.7 Å². The molecule has 1 heterocycles. The zero-order chi connectivity index (χ0) is 7.23. The van der Waals surface area contributed by atoms with Gasteiger partial charge in [-0.2, -0.15) is 0 Å². The molecule has 56 valence electrons. The fourth-order valence-electron chi connectivity index (χ4n) is 1.43. The number of nitrogens with one attached hydrogen (secondary N) is 1. The topological polar surface area (TPSA) is 12.0 Å². The van der Waals surface area contributed by atoms with Crippen molar-refractivity contribution in [3.8, 4) is 12.3 Å². The molecule has 1 nitrogen and oxygen atoms in total. The molecule has 0 aliphatic carbocycles. The third kappa shape index (κ3) is 2.41. The Labute approximate surface area is 63.2 Å². The van der Waals surface area contributed by atoms with Gasteiger partial charge in [0.25, 0.3) is 0 Å². The second kappa shape index (κ2) is 4.35. The molecule has 1 rings (SSSR count). The predicted octanol–water partition coefficient (Wildman–Crippen LogP) is 1.40. The van der Waals surface area contributed by atoms with E-state index < -0.39 is 0 Å². The summed E-state index contributed by atoms with van der Waals surface area (Å²) in [5.41, 5.74) is 0. The van der Waals surface area contributed by atoms with E-state index in [0.29, 0.717) is 0 Å². The molecule has 1 fully saturated rings. The minimum Gasteiger partial charge on any atom is -0.316 e. The Morgan fingerprint density at radius 1 is 1.50 bits per heavy atom. The second-order valence-electron chi connectivity index (χ2n) is 2.97. The van der Waals surface area contributed by atoms with Gasteiger partial charge < -0.3 is 5.32 Å². The van der Waals surface area contributed by atoms with Gasteiger partial charge in [0, 0.05) is 6.42 Å². The maximum atomic E-state index is 5.23. The van der Waals surface area contributed by atoms with Crippen LogP contribution in [0, 0.1) is 18.3 Å². The normalized spacial score (nSPS) is 26.9. The van der Waals surface area contributed by atoms with Gasteiger partial charge in [0.1, 0.15) is 0 Å². The first-order chi connectivity index (χ1) is 4.93. The molecular formula is C9H15N. The molecule has 1 aliphatic rings. The van der Waals surface area contributed by atoms with Crippen molar-refractivity contribution >= 4 is 0 Å². The third-order valence-electron chi connectivity index (χ3n) is 2.06. The molecule has 1 atom stereocenters. The SMILES string of the molecule is C#CCC1CCCCNC1. The number of rotatable bonds is 1. The summed E-state index contributed by atoms with van der Waals surface area (Å²) in [4.78, 5) is 0. The molecule has 0 amide bonds. The average molecular weight is 137 g/mol. The van der Waals surface area contributed by atoms with Crippen molar-refractivity contribution in [1.82, 2.24) is 5.32 Å². The number of hydrogen-bond donors (Lipinski definition) is 1. The van der Waals surface area contributed by atoms with Crippen molar-refractivity contribution < 1.29 is 0 Å². The molecule has 1 saturated heterocycles. The summed E-state index contributed by atoms with van der Waals surface area (Å²) in [6.07, 6.45) is 10.2. The molecule has 0 aromatic heterocycles. The first-order valence-electron chi connectivity index (χ1n) is 4.07. The van der Waals surface area contributed by atoms with E-state index in [1.807, 2.05) is 0 Å². The first kappa shape index (κ1) is 7.63. The Morgan fingerprint density at radius 3 is 3.20 bits per heavy atom. The predicted molar refractivity (Wildman–Crippen MR) is 43.7 cm³/mol. The van der Waals surface area contributed by atoms with Crippen LogP contribution in [-0.2, 0) is 0 Å². The maximum absolute atomic E-state index is 5.23. The van der Waals surface area contributed by atoms with Crippen LogP contribution in [0.3, 0.4) is 0 Å². The lowest BCUT2D eigenvalue weighted by Gasteiger charge is -2.08. The fourth-order valence-corrected chi connectivity index (χ4v) is 1.43. The standard InChI is InChI=1S/C9H15N/c1-2-5-9-6-3-4-7-10-8-9/h1,9-10H,3-8H2. The minimum absolute atomic E-state index is 0.743. The smallest absolute Gasteiger partial charge is 0.0126 e. The minimum atomic E-state index is 0.743. The van der Waals surface area contributed by atoms with Crippen LogP contribution >= 0.6 is 0 Å². The van der Waals surface area contributed by atoms with Crippen LogP contribution in [-0.4, -0.2) is 13.1 Å². The molecule has 10 heavy (non-hydrogen) atoms. The van der Waals surface area contributed by atoms with Gasteiger partial charge in [-0.1, -0.05) is 6.42 Å². The van der Waals surface area contributed by atoms with E-state index in [1.54, 1.807) is 0 Å². The summed E-state index contributed by atoms with van der Waals surface area (Å²) in [6.45, 7) is 2.31. The van der Waals surface area contributed by atoms with Crippen LogP contribution in [0.15, 0.2) is 0 Å². The van der Waals surface area contributed by atoms with Crippen molar-refractivity contribution in [2.75, 3.05) is 13.1 Å². The lowest BCUT2D eigenvalue weighted by atomic mass is 10.0. The maximum Gasteiger partial charge on any atom is 0.0126 e. The highest BCUT2D eigenvalue weighted by molar-refractivity contribution is 4.87. The van der Waals surface area contributed by atoms with E-state index in [1.165, 1.54) is 25.8 Å². The van der Waals surface area contributed by atoms with E-state index in [4.69, 9.17) is 6.42 Å². The molecule has 1 unspecified atom stereocenters. The molecule has 1 heteroatoms. The summed E-state index contributed by atoms with van der Waals surface area (Å²) in [7, 11) is 0. The highest BCUT2D eigenvalue weighted by Gasteiger charge is 2.09. The molecule has 0 radical (unpaired) electrons. The molecule has 0 bridgehead atoms. The van der Waals surface area contributed by atoms with Crippen LogP contribution in [0.25, 0.3) is 0 Å². The Balaban J connectivity index is 2.23. The molecule has 0 aromatic rings. The monoisotopic (exact) mass is 137 g/mol. The Bertz CT molecular complexity index is 115. The molecule has 0 saturated carbocycles. The zero-order valence-electron chi connectivity index (χ0n) is 6.40. The van der Waals surface area contributed by atoms with E-state index >= 15 is 0 Å². The van der Waals surface area contributed by atoms with Crippen molar-refractivity contribution in [3.63, 3.8) is 0 Å². The quantitative estimate of drug-likeness (QED) is 0.539. The summed E-state index contributed by atoms with van der Waals surface area (Å²) in [5.74, 6) is 3.47. The van der Waals surface area contributed by atoms with E-state index in [9.17, 15) is 0 Å². The Kier molecular flexibility index (Phi) is 3.32. The Morgan fingerprint density at radius 2 is 2.40 bits per heavy atom. The molecule has 1 aliphatic heterocycles. The van der Waals surface area contributed by atoms with Crippen LogP contribution in [0.4, 0.5) is 0 Å². The lowest BCUT2D eigenvalue weighted by Crippen LogP contribution is -2.20. The summed E-state index contributed by atoms with van der Waals surface area (Å²) >= 11 is 0. The summed E-state index contributed by atoms with van der Waals surface area (Å²) in [5, 5.41) is 3.39. The van der Waals surface area contributed by atoms with Gasteiger partial charge in [-0.25, -0.2) is 0 Å². The van der Waals surface area contributed by atoms with Gasteiger partial charge in [0.15, 0.2) is 0 Å². The highest BCUT2D eigenvalue weighted by atomic mass is 14.9. The van der Waals surface area contributed by atoms with Crippen molar-refractivity contribution in [3.05, 3.63) is 0 Å². The first-order valence-corrected chi connectivity index (χ1v) is 4.07. The fraction of sp³-hybridized carbons (Fsp3) is 0.778. The van der Waals surface area contributed by atoms with Gasteiger partial charge >= 0.3 is 0 Å². The molecular weight excluding hydrogens is 122 g/mol. The van der Waals surface area contributed by atoms with Crippen molar-refractivity contribution in [1.29, 1.82) is 0 Å². The number of terminal acetylenes is 1. The molecule has 1 N–H and O–H groups in total. The second-order valence-corrected chi connectivity index (χ2v) is 2.97. The zero-order valence-corrected chi connectivity index (χ0v) is 6.40. The van der Waals surface area contributed by atoms with Gasteiger partial charge in [-0.15, -0.1) is 12.3 Å². The summed E-state index contributed by atoms with van der Waals surface area (Å²) in [6, 6.07) is 0. The highest BCUT2D eigenvalue weighted by Crippen LogP contribution is 2.13. The third-order valence-corrected chi connectivity index (χ3v) is 2.06. The summed E-state index contributed by atoms with van der Waals surface area (Å²) < 4.78 is 0. The van der Waals surface area contributed by atoms with Crippen LogP contribution in [0.5, 0.6) is 0 Å². The van der Waals surface area contributed by atoms with Gasteiger partial charge in [-0.3, -0.25) is 0 Å². The van der Waals surface area contributed by atoms with Crippen LogP contribution < -0.4 is 5.32 Å². The van der Waals surface area contributed by atoms with Crippen molar-refractivity contribution in [2.24, 2.45) is 5.92 Å².